The molecule has 132 valence electrons. The van der Waals surface area contributed by atoms with Crippen LogP contribution in [0.2, 0.25) is 0 Å². The molecule has 23 heavy (non-hydrogen) atoms. The number of halogens is 3. The minimum atomic E-state index is -1.51. The summed E-state index contributed by atoms with van der Waals surface area (Å²) in [6.45, 7) is 6.18. The van der Waals surface area contributed by atoms with E-state index < -0.39 is 9.39 Å². The summed E-state index contributed by atoms with van der Waals surface area (Å²) in [6, 6.07) is 9.87. The number of benzene rings is 1. The normalized spacial score (nSPS) is 14.9. The molecule has 0 saturated carbocycles. The van der Waals surface area contributed by atoms with Gasteiger partial charge in [-0.05, 0) is 25.8 Å². The van der Waals surface area contributed by atoms with E-state index in [1.807, 2.05) is 44.2 Å². The molecule has 1 aromatic rings. The number of alkyl halides is 3. The number of hydrogen-bond acceptors (Lipinski definition) is 1. The molecule has 4 heteroatoms. The Morgan fingerprint density at radius 3 is 2.00 bits per heavy atom. The smallest absolute Gasteiger partial charge is 0.223 e. The van der Waals surface area contributed by atoms with E-state index in [1.165, 1.54) is 25.7 Å². The highest BCUT2D eigenvalue weighted by molar-refractivity contribution is 6.68. The molecular formula is C19H29Cl3O. The first-order valence-corrected chi connectivity index (χ1v) is 9.77. The molecule has 0 fully saturated rings. The van der Waals surface area contributed by atoms with Gasteiger partial charge in [0.25, 0.3) is 0 Å². The van der Waals surface area contributed by atoms with Crippen LogP contribution in [0.1, 0.15) is 71.3 Å². The summed E-state index contributed by atoms with van der Waals surface area (Å²) in [5.41, 5.74) is 0.0277. The zero-order valence-electron chi connectivity index (χ0n) is 14.5. The van der Waals surface area contributed by atoms with Crippen LogP contribution in [0, 0.1) is 0 Å². The maximum absolute atomic E-state index is 6.40. The molecular weight excluding hydrogens is 351 g/mol. The maximum Gasteiger partial charge on any atom is 0.223 e. The molecule has 0 spiro atoms. The second-order valence-corrected chi connectivity index (χ2v) is 8.66. The standard InChI is InChI=1S/C19H29Cl3O/c1-4-5-6-7-8-12-15-18(19(20,21)22,23-16(2)3)17-13-10-9-11-14-17/h9-11,13-14,16H,4-8,12,15H2,1-3H3. The van der Waals surface area contributed by atoms with Crippen LogP contribution in [0.5, 0.6) is 0 Å². The van der Waals surface area contributed by atoms with Gasteiger partial charge in [0, 0.05) is 0 Å². The number of ether oxygens (including phenoxy) is 1. The van der Waals surface area contributed by atoms with E-state index in [4.69, 9.17) is 39.5 Å². The molecule has 0 bridgehead atoms. The second kappa shape index (κ2) is 10.1. The molecule has 1 atom stereocenters. The van der Waals surface area contributed by atoms with Gasteiger partial charge < -0.3 is 4.74 Å². The fourth-order valence-corrected chi connectivity index (χ4v) is 3.65. The van der Waals surface area contributed by atoms with Crippen LogP contribution in [0.3, 0.4) is 0 Å². The summed E-state index contributed by atoms with van der Waals surface area (Å²) in [6.07, 6.45) is 7.84. The van der Waals surface area contributed by atoms with Crippen LogP contribution in [0.4, 0.5) is 0 Å². The summed E-state index contributed by atoms with van der Waals surface area (Å²) >= 11 is 19.2. The van der Waals surface area contributed by atoms with Gasteiger partial charge >= 0.3 is 0 Å². The molecule has 0 aromatic heterocycles. The number of unbranched alkanes of at least 4 members (excludes halogenated alkanes) is 5. The number of hydrogen-bond donors (Lipinski definition) is 0. The lowest BCUT2D eigenvalue weighted by molar-refractivity contribution is -0.0902. The average Bonchev–Trinajstić information content (AvgIpc) is 2.49. The van der Waals surface area contributed by atoms with E-state index >= 15 is 0 Å². The van der Waals surface area contributed by atoms with Crippen molar-refractivity contribution in [2.24, 2.45) is 0 Å². The highest BCUT2D eigenvalue weighted by atomic mass is 35.6. The first kappa shape index (κ1) is 21.1. The Balaban J connectivity index is 2.90. The fourth-order valence-electron chi connectivity index (χ4n) is 2.91. The maximum atomic E-state index is 6.40. The minimum absolute atomic E-state index is 0.0223. The molecule has 1 nitrogen and oxygen atoms in total. The van der Waals surface area contributed by atoms with E-state index in [-0.39, 0.29) is 6.10 Å². The van der Waals surface area contributed by atoms with Gasteiger partial charge in [0.05, 0.1) is 6.10 Å². The lowest BCUT2D eigenvalue weighted by atomic mass is 9.88. The summed E-state index contributed by atoms with van der Waals surface area (Å²) in [4.78, 5) is 0. The summed E-state index contributed by atoms with van der Waals surface area (Å²) in [5.74, 6) is 0. The van der Waals surface area contributed by atoms with Crippen molar-refractivity contribution < 1.29 is 4.74 Å². The fraction of sp³-hybridized carbons (Fsp3) is 0.684. The quantitative estimate of drug-likeness (QED) is 0.303. The van der Waals surface area contributed by atoms with Crippen LogP contribution in [-0.4, -0.2) is 9.90 Å². The Labute approximate surface area is 156 Å². The number of rotatable bonds is 10. The zero-order chi connectivity index (χ0) is 17.3. The van der Waals surface area contributed by atoms with Crippen LogP contribution in [0.25, 0.3) is 0 Å². The first-order chi connectivity index (χ1) is 10.8. The Morgan fingerprint density at radius 1 is 0.913 bits per heavy atom. The molecule has 0 N–H and O–H groups in total. The summed E-state index contributed by atoms with van der Waals surface area (Å²) in [7, 11) is 0. The summed E-state index contributed by atoms with van der Waals surface area (Å²) in [5, 5.41) is 0. The van der Waals surface area contributed by atoms with Crippen molar-refractivity contribution >= 4 is 34.8 Å². The van der Waals surface area contributed by atoms with Crippen LogP contribution in [0.15, 0.2) is 30.3 Å². The van der Waals surface area contributed by atoms with Crippen LogP contribution in [-0.2, 0) is 10.3 Å². The monoisotopic (exact) mass is 378 g/mol. The van der Waals surface area contributed by atoms with Gasteiger partial charge in [-0.1, -0.05) is 111 Å². The van der Waals surface area contributed by atoms with Crippen molar-refractivity contribution in [3.63, 3.8) is 0 Å². The second-order valence-electron chi connectivity index (χ2n) is 6.38. The third-order valence-electron chi connectivity index (χ3n) is 4.02. The van der Waals surface area contributed by atoms with Crippen molar-refractivity contribution in [2.45, 2.75) is 81.2 Å². The van der Waals surface area contributed by atoms with Crippen molar-refractivity contribution in [1.82, 2.24) is 0 Å². The van der Waals surface area contributed by atoms with Gasteiger partial charge in [-0.25, -0.2) is 0 Å². The molecule has 0 aliphatic carbocycles. The van der Waals surface area contributed by atoms with E-state index in [2.05, 4.69) is 6.92 Å². The van der Waals surface area contributed by atoms with Crippen molar-refractivity contribution in [2.75, 3.05) is 0 Å². The average molecular weight is 380 g/mol. The molecule has 1 unspecified atom stereocenters. The Bertz CT molecular complexity index is 428. The third kappa shape index (κ3) is 6.46. The molecule has 0 radical (unpaired) electrons. The molecule has 1 aromatic carbocycles. The zero-order valence-corrected chi connectivity index (χ0v) is 16.7. The van der Waals surface area contributed by atoms with Gasteiger partial charge in [0.1, 0.15) is 5.60 Å². The van der Waals surface area contributed by atoms with E-state index in [0.29, 0.717) is 6.42 Å². The first-order valence-electron chi connectivity index (χ1n) is 8.63. The Hall–Kier alpha value is 0.0500. The van der Waals surface area contributed by atoms with Gasteiger partial charge in [0.15, 0.2) is 0 Å². The SMILES string of the molecule is CCCCCCCCC(OC(C)C)(c1ccccc1)C(Cl)(Cl)Cl. The Morgan fingerprint density at radius 2 is 1.48 bits per heavy atom. The van der Waals surface area contributed by atoms with Crippen molar-refractivity contribution in [3.8, 4) is 0 Å². The molecule has 0 saturated heterocycles. The van der Waals surface area contributed by atoms with E-state index in [9.17, 15) is 0 Å². The topological polar surface area (TPSA) is 9.23 Å². The highest BCUT2D eigenvalue weighted by Gasteiger charge is 2.51. The third-order valence-corrected chi connectivity index (χ3v) is 4.93. The summed E-state index contributed by atoms with van der Waals surface area (Å²) < 4.78 is 4.71. The van der Waals surface area contributed by atoms with E-state index in [0.717, 1.165) is 18.4 Å². The van der Waals surface area contributed by atoms with Crippen molar-refractivity contribution in [3.05, 3.63) is 35.9 Å². The molecule has 0 aliphatic heterocycles. The highest BCUT2D eigenvalue weighted by Crippen LogP contribution is 2.51. The van der Waals surface area contributed by atoms with Gasteiger partial charge in [0.2, 0.25) is 3.79 Å². The Kier molecular flexibility index (Phi) is 9.29. The molecule has 0 heterocycles. The molecule has 0 amide bonds. The minimum Gasteiger partial charge on any atom is -0.363 e. The van der Waals surface area contributed by atoms with Crippen LogP contribution < -0.4 is 0 Å². The van der Waals surface area contributed by atoms with Gasteiger partial charge in [-0.2, -0.15) is 0 Å². The van der Waals surface area contributed by atoms with Crippen LogP contribution >= 0.6 is 34.8 Å². The molecule has 1 rings (SSSR count). The lowest BCUT2D eigenvalue weighted by Gasteiger charge is -2.41. The predicted molar refractivity (Wildman–Crippen MR) is 103 cm³/mol. The van der Waals surface area contributed by atoms with Gasteiger partial charge in [-0.3, -0.25) is 0 Å². The predicted octanol–water partition coefficient (Wildman–Crippen LogP) is 7.43. The van der Waals surface area contributed by atoms with Crippen molar-refractivity contribution in [1.29, 1.82) is 0 Å². The largest absolute Gasteiger partial charge is 0.363 e. The molecule has 0 aliphatic rings. The van der Waals surface area contributed by atoms with Gasteiger partial charge in [-0.15, -0.1) is 0 Å². The van der Waals surface area contributed by atoms with E-state index in [1.54, 1.807) is 0 Å². The lowest BCUT2D eigenvalue weighted by Crippen LogP contribution is -2.44.